The van der Waals surface area contributed by atoms with Crippen molar-refractivity contribution >= 4 is 57.6 Å². The highest BCUT2D eigenvalue weighted by Gasteiger charge is 2.36. The molecule has 190 valence electrons. The quantitative estimate of drug-likeness (QED) is 0.276. The van der Waals surface area contributed by atoms with Gasteiger partial charge in [0, 0.05) is 5.69 Å². The highest BCUT2D eigenvalue weighted by Crippen LogP contribution is 2.38. The first kappa shape index (κ1) is 26.4. The summed E-state index contributed by atoms with van der Waals surface area (Å²) in [6.07, 6.45) is -2.93. The zero-order chi connectivity index (χ0) is 26.7. The highest BCUT2D eigenvalue weighted by atomic mass is 32.2. The fourth-order valence-electron chi connectivity index (χ4n) is 3.72. The summed E-state index contributed by atoms with van der Waals surface area (Å²) < 4.78 is 45.0. The Kier molecular flexibility index (Phi) is 7.70. The third-order valence-corrected chi connectivity index (χ3v) is 6.58. The summed E-state index contributed by atoms with van der Waals surface area (Å²) in [4.78, 5) is 26.5. The monoisotopic (exact) mass is 542 g/mol. The number of anilines is 2. The molecule has 1 aliphatic rings. The van der Waals surface area contributed by atoms with Gasteiger partial charge in [-0.3, -0.25) is 14.5 Å². The van der Waals surface area contributed by atoms with Crippen LogP contribution in [-0.4, -0.2) is 22.7 Å². The van der Waals surface area contributed by atoms with E-state index in [-0.39, 0.29) is 27.4 Å². The molecule has 1 N–H and O–H groups in total. The molecule has 1 saturated heterocycles. The van der Waals surface area contributed by atoms with E-state index in [1.807, 2.05) is 32.0 Å². The Morgan fingerprint density at radius 3 is 2.38 bits per heavy atom. The largest absolute Gasteiger partial charge is 0.484 e. The van der Waals surface area contributed by atoms with Crippen LogP contribution >= 0.6 is 24.0 Å². The van der Waals surface area contributed by atoms with Gasteiger partial charge in [-0.2, -0.15) is 13.2 Å². The van der Waals surface area contributed by atoms with Crippen molar-refractivity contribution in [1.82, 2.24) is 0 Å². The second-order valence-electron chi connectivity index (χ2n) is 8.35. The lowest BCUT2D eigenvalue weighted by atomic mass is 10.1. The average molecular weight is 543 g/mol. The molecule has 1 heterocycles. The average Bonchev–Trinajstić information content (AvgIpc) is 3.10. The van der Waals surface area contributed by atoms with E-state index in [0.29, 0.717) is 17.0 Å². The van der Waals surface area contributed by atoms with E-state index in [2.05, 4.69) is 5.32 Å². The number of thioether (sulfide) groups is 1. The van der Waals surface area contributed by atoms with E-state index in [9.17, 15) is 22.8 Å². The van der Waals surface area contributed by atoms with Gasteiger partial charge < -0.3 is 10.1 Å². The van der Waals surface area contributed by atoms with Crippen molar-refractivity contribution in [3.05, 3.63) is 93.9 Å². The van der Waals surface area contributed by atoms with Crippen LogP contribution in [0.2, 0.25) is 0 Å². The molecule has 0 radical (unpaired) electrons. The van der Waals surface area contributed by atoms with Gasteiger partial charge in [0.25, 0.3) is 11.8 Å². The summed E-state index contributed by atoms with van der Waals surface area (Å²) >= 11 is 6.27. The van der Waals surface area contributed by atoms with E-state index < -0.39 is 17.6 Å². The minimum absolute atomic E-state index is 0.0589. The number of rotatable bonds is 6. The molecule has 0 aliphatic carbocycles. The molecule has 3 aromatic rings. The summed E-state index contributed by atoms with van der Waals surface area (Å²) in [5, 5.41) is 2.80. The number of benzene rings is 3. The Balaban J connectivity index is 1.39. The molecule has 1 fully saturated rings. The summed E-state index contributed by atoms with van der Waals surface area (Å²) in [6, 6.07) is 17.0. The van der Waals surface area contributed by atoms with Crippen molar-refractivity contribution in [3.8, 4) is 5.75 Å². The van der Waals surface area contributed by atoms with Gasteiger partial charge in [0.15, 0.2) is 10.9 Å². The van der Waals surface area contributed by atoms with Crippen LogP contribution in [0, 0.1) is 13.8 Å². The minimum atomic E-state index is -4.53. The third kappa shape index (κ3) is 6.58. The molecule has 0 unspecified atom stereocenters. The van der Waals surface area contributed by atoms with Crippen LogP contribution in [-0.2, 0) is 15.8 Å². The topological polar surface area (TPSA) is 58.6 Å². The lowest BCUT2D eigenvalue weighted by Crippen LogP contribution is -2.27. The molecule has 0 saturated carbocycles. The number of alkyl halides is 3. The standard InChI is InChI=1S/C27H21F3N2O3S2/c1-16-10-17(2)12-20(11-16)31-24(33)15-35-22-8-6-18(7-9-22)13-23-25(34)32(26(36)37-23)21-5-3-4-19(14-21)27(28,29)30/h3-14H,15H2,1-2H3,(H,31,33)/b23-13-. The summed E-state index contributed by atoms with van der Waals surface area (Å²) in [6.45, 7) is 3.72. The van der Waals surface area contributed by atoms with E-state index in [1.165, 1.54) is 12.1 Å². The number of ether oxygens (including phenoxy) is 1. The molecular formula is C27H21F3N2O3S2. The number of aryl methyl sites for hydroxylation is 2. The molecule has 0 spiro atoms. The predicted molar refractivity (Wildman–Crippen MR) is 144 cm³/mol. The maximum atomic E-state index is 13.1. The number of halogens is 3. The van der Waals surface area contributed by atoms with Crippen LogP contribution in [0.4, 0.5) is 24.5 Å². The normalized spacial score (nSPS) is 14.8. The van der Waals surface area contributed by atoms with Crippen LogP contribution < -0.4 is 15.0 Å². The lowest BCUT2D eigenvalue weighted by molar-refractivity contribution is -0.137. The number of thiocarbonyl (C=S) groups is 1. The molecule has 2 amide bonds. The van der Waals surface area contributed by atoms with Crippen LogP contribution in [0.3, 0.4) is 0 Å². The molecule has 0 aromatic heterocycles. The van der Waals surface area contributed by atoms with Gasteiger partial charge in [-0.1, -0.05) is 48.2 Å². The summed E-state index contributed by atoms with van der Waals surface area (Å²) in [7, 11) is 0. The third-order valence-electron chi connectivity index (χ3n) is 5.28. The van der Waals surface area contributed by atoms with Crippen LogP contribution in [0.5, 0.6) is 5.75 Å². The van der Waals surface area contributed by atoms with Crippen LogP contribution in [0.25, 0.3) is 6.08 Å². The smallest absolute Gasteiger partial charge is 0.416 e. The molecular weight excluding hydrogens is 521 g/mol. The Morgan fingerprint density at radius 2 is 1.73 bits per heavy atom. The van der Waals surface area contributed by atoms with Crippen molar-refractivity contribution < 1.29 is 27.5 Å². The first-order valence-corrected chi connectivity index (χ1v) is 12.3. The maximum Gasteiger partial charge on any atom is 0.416 e. The van der Waals surface area contributed by atoms with Crippen LogP contribution in [0.15, 0.2) is 71.6 Å². The molecule has 4 rings (SSSR count). The Labute approximate surface area is 221 Å². The number of nitrogens with one attached hydrogen (secondary N) is 1. The number of hydrogen-bond donors (Lipinski definition) is 1. The number of hydrogen-bond acceptors (Lipinski definition) is 5. The number of nitrogens with zero attached hydrogens (tertiary/aromatic N) is 1. The Hall–Kier alpha value is -3.63. The van der Waals surface area contributed by atoms with Gasteiger partial charge in [0.2, 0.25) is 0 Å². The first-order chi connectivity index (χ1) is 17.5. The number of carbonyl (C=O) groups is 2. The van der Waals surface area contributed by atoms with Crippen molar-refractivity contribution in [1.29, 1.82) is 0 Å². The van der Waals surface area contributed by atoms with Gasteiger partial charge in [-0.05, 0) is 79.1 Å². The molecule has 5 nitrogen and oxygen atoms in total. The van der Waals surface area contributed by atoms with E-state index in [4.69, 9.17) is 17.0 Å². The minimum Gasteiger partial charge on any atom is -0.484 e. The molecule has 0 atom stereocenters. The van der Waals surface area contributed by atoms with Gasteiger partial charge in [-0.15, -0.1) is 0 Å². The molecule has 1 aliphatic heterocycles. The zero-order valence-corrected chi connectivity index (χ0v) is 21.4. The first-order valence-electron chi connectivity index (χ1n) is 11.1. The predicted octanol–water partition coefficient (Wildman–Crippen LogP) is 6.75. The zero-order valence-electron chi connectivity index (χ0n) is 19.8. The second-order valence-corrected chi connectivity index (χ2v) is 10.0. The summed E-state index contributed by atoms with van der Waals surface area (Å²) in [5.41, 5.74) is 2.64. The molecule has 10 heteroatoms. The fraction of sp³-hybridized carbons (Fsp3) is 0.148. The second kappa shape index (κ2) is 10.8. The van der Waals surface area contributed by atoms with E-state index >= 15 is 0 Å². The van der Waals surface area contributed by atoms with E-state index in [0.717, 1.165) is 39.9 Å². The van der Waals surface area contributed by atoms with Gasteiger partial charge in [0.1, 0.15) is 5.75 Å². The molecule has 3 aromatic carbocycles. The van der Waals surface area contributed by atoms with Gasteiger partial charge >= 0.3 is 6.18 Å². The Morgan fingerprint density at radius 1 is 1.05 bits per heavy atom. The molecule has 37 heavy (non-hydrogen) atoms. The number of amides is 2. The Bertz CT molecular complexity index is 1380. The van der Waals surface area contributed by atoms with Crippen LogP contribution in [0.1, 0.15) is 22.3 Å². The lowest BCUT2D eigenvalue weighted by Gasteiger charge is -2.16. The van der Waals surface area contributed by atoms with Crippen molar-refractivity contribution in [2.75, 3.05) is 16.8 Å². The highest BCUT2D eigenvalue weighted by molar-refractivity contribution is 8.27. The maximum absolute atomic E-state index is 13.1. The summed E-state index contributed by atoms with van der Waals surface area (Å²) in [5.74, 6) is -0.339. The van der Waals surface area contributed by atoms with Crippen molar-refractivity contribution in [2.24, 2.45) is 0 Å². The van der Waals surface area contributed by atoms with E-state index in [1.54, 1.807) is 30.3 Å². The fourth-order valence-corrected chi connectivity index (χ4v) is 5.02. The SMILES string of the molecule is Cc1cc(C)cc(NC(=O)COc2ccc(/C=C3\SC(=S)N(c4cccc(C(F)(F)F)c4)C3=O)cc2)c1. The van der Waals surface area contributed by atoms with Gasteiger partial charge in [-0.25, -0.2) is 0 Å². The molecule has 0 bridgehead atoms. The van der Waals surface area contributed by atoms with Crippen molar-refractivity contribution in [2.45, 2.75) is 20.0 Å². The van der Waals surface area contributed by atoms with Gasteiger partial charge in [0.05, 0.1) is 16.2 Å². The van der Waals surface area contributed by atoms with Crippen molar-refractivity contribution in [3.63, 3.8) is 0 Å². The number of carbonyl (C=O) groups excluding carboxylic acids is 2.